The maximum absolute atomic E-state index is 12.1. The molecule has 1 aliphatic heterocycles. The van der Waals surface area contributed by atoms with Gasteiger partial charge in [0.2, 0.25) is 5.91 Å². The number of amides is 1. The Labute approximate surface area is 191 Å². The summed E-state index contributed by atoms with van der Waals surface area (Å²) in [5, 5.41) is 3.00. The second-order valence-electron chi connectivity index (χ2n) is 9.07. The van der Waals surface area contributed by atoms with E-state index in [1.54, 1.807) is 0 Å². The highest BCUT2D eigenvalue weighted by molar-refractivity contribution is 5.94. The zero-order chi connectivity index (χ0) is 22.5. The summed E-state index contributed by atoms with van der Waals surface area (Å²) in [5.41, 5.74) is 4.30. The highest BCUT2D eigenvalue weighted by Crippen LogP contribution is 2.23. The van der Waals surface area contributed by atoms with Crippen LogP contribution < -0.4 is 5.32 Å². The Bertz CT molecular complexity index is 1040. The van der Waals surface area contributed by atoms with Gasteiger partial charge in [-0.3, -0.25) is 14.6 Å². The van der Waals surface area contributed by atoms with Crippen LogP contribution in [0.4, 0.5) is 5.69 Å². The molecule has 170 valence electrons. The van der Waals surface area contributed by atoms with Crippen LogP contribution in [0.15, 0.2) is 48.5 Å². The predicted molar refractivity (Wildman–Crippen MR) is 130 cm³/mol. The van der Waals surface area contributed by atoms with Crippen molar-refractivity contribution in [3.05, 3.63) is 59.9 Å². The summed E-state index contributed by atoms with van der Waals surface area (Å²) in [6.45, 7) is 13.1. The number of anilines is 1. The molecule has 1 fully saturated rings. The van der Waals surface area contributed by atoms with Gasteiger partial charge in [-0.15, -0.1) is 0 Å². The third kappa shape index (κ3) is 5.37. The van der Waals surface area contributed by atoms with Gasteiger partial charge in [0.25, 0.3) is 0 Å². The monoisotopic (exact) mass is 433 g/mol. The number of aromatic nitrogens is 2. The number of aryl methyl sites for hydroxylation is 1. The number of fused-ring (bicyclic) bond motifs is 1. The van der Waals surface area contributed by atoms with Crippen molar-refractivity contribution in [2.24, 2.45) is 5.92 Å². The second kappa shape index (κ2) is 10.3. The first kappa shape index (κ1) is 22.5. The van der Waals surface area contributed by atoms with Gasteiger partial charge in [0, 0.05) is 50.9 Å². The lowest BCUT2D eigenvalue weighted by Crippen LogP contribution is -2.45. The molecule has 0 saturated carbocycles. The minimum atomic E-state index is -0.0422. The molecule has 0 atom stereocenters. The van der Waals surface area contributed by atoms with E-state index in [0.717, 1.165) is 74.8 Å². The van der Waals surface area contributed by atoms with Crippen LogP contribution in [0.1, 0.15) is 38.6 Å². The first-order valence-electron chi connectivity index (χ1n) is 11.8. The standard InChI is InChI=1S/C26H35N5O/c1-4-12-31-24-11-10-22(27-26(32)20(2)3)17-23(24)28-25(31)19-30-15-13-29(14-16-30)18-21-8-6-5-7-9-21/h5-11,17,20H,4,12-16,18-19H2,1-3H3,(H,27,32). The van der Waals surface area contributed by atoms with Crippen molar-refractivity contribution in [3.63, 3.8) is 0 Å². The summed E-state index contributed by atoms with van der Waals surface area (Å²) in [6.07, 6.45) is 1.06. The lowest BCUT2D eigenvalue weighted by Gasteiger charge is -2.34. The quantitative estimate of drug-likeness (QED) is 0.574. The zero-order valence-electron chi connectivity index (χ0n) is 19.6. The maximum Gasteiger partial charge on any atom is 0.226 e. The zero-order valence-corrected chi connectivity index (χ0v) is 19.6. The molecule has 2 heterocycles. The number of carbonyl (C=O) groups is 1. The number of carbonyl (C=O) groups excluding carboxylic acids is 1. The van der Waals surface area contributed by atoms with Crippen molar-refractivity contribution in [2.75, 3.05) is 31.5 Å². The van der Waals surface area contributed by atoms with E-state index in [4.69, 9.17) is 4.98 Å². The van der Waals surface area contributed by atoms with Crippen LogP contribution in [0.5, 0.6) is 0 Å². The highest BCUT2D eigenvalue weighted by atomic mass is 16.1. The van der Waals surface area contributed by atoms with Crippen LogP contribution in [0, 0.1) is 5.92 Å². The summed E-state index contributed by atoms with van der Waals surface area (Å²) < 4.78 is 2.35. The van der Waals surface area contributed by atoms with E-state index in [-0.39, 0.29) is 11.8 Å². The van der Waals surface area contributed by atoms with Crippen LogP contribution in [0.3, 0.4) is 0 Å². The Balaban J connectivity index is 1.44. The topological polar surface area (TPSA) is 53.4 Å². The molecule has 0 bridgehead atoms. The van der Waals surface area contributed by atoms with Gasteiger partial charge in [-0.1, -0.05) is 51.1 Å². The molecule has 1 saturated heterocycles. The summed E-state index contributed by atoms with van der Waals surface area (Å²) >= 11 is 0. The number of piperazine rings is 1. The molecule has 2 aromatic carbocycles. The fraction of sp³-hybridized carbons (Fsp3) is 0.462. The van der Waals surface area contributed by atoms with Gasteiger partial charge in [-0.05, 0) is 30.2 Å². The molecule has 6 heteroatoms. The van der Waals surface area contributed by atoms with Gasteiger partial charge in [0.15, 0.2) is 0 Å². The lowest BCUT2D eigenvalue weighted by molar-refractivity contribution is -0.118. The molecule has 1 aliphatic rings. The Kier molecular flexibility index (Phi) is 7.22. The summed E-state index contributed by atoms with van der Waals surface area (Å²) in [7, 11) is 0. The van der Waals surface area contributed by atoms with E-state index in [9.17, 15) is 4.79 Å². The molecule has 1 amide bonds. The Morgan fingerprint density at radius 3 is 2.34 bits per heavy atom. The van der Waals surface area contributed by atoms with E-state index in [1.807, 2.05) is 26.0 Å². The molecule has 0 aliphatic carbocycles. The van der Waals surface area contributed by atoms with E-state index in [0.29, 0.717) is 0 Å². The largest absolute Gasteiger partial charge is 0.327 e. The molecule has 6 nitrogen and oxygen atoms in total. The smallest absolute Gasteiger partial charge is 0.226 e. The molecular weight excluding hydrogens is 398 g/mol. The summed E-state index contributed by atoms with van der Waals surface area (Å²) in [5.74, 6) is 1.11. The SMILES string of the molecule is CCCn1c(CN2CCN(Cc3ccccc3)CC2)nc2cc(NC(=O)C(C)C)ccc21. The number of hydrogen-bond acceptors (Lipinski definition) is 4. The molecule has 4 rings (SSSR count). The van der Waals surface area contributed by atoms with E-state index in [2.05, 4.69) is 63.0 Å². The van der Waals surface area contributed by atoms with Gasteiger partial charge in [-0.2, -0.15) is 0 Å². The van der Waals surface area contributed by atoms with Gasteiger partial charge >= 0.3 is 0 Å². The molecule has 1 N–H and O–H groups in total. The summed E-state index contributed by atoms with van der Waals surface area (Å²) in [6, 6.07) is 16.8. The van der Waals surface area contributed by atoms with Crippen molar-refractivity contribution >= 4 is 22.6 Å². The van der Waals surface area contributed by atoms with E-state index >= 15 is 0 Å². The van der Waals surface area contributed by atoms with Gasteiger partial charge in [-0.25, -0.2) is 4.98 Å². The minimum absolute atomic E-state index is 0.0333. The van der Waals surface area contributed by atoms with Crippen molar-refractivity contribution in [3.8, 4) is 0 Å². The number of nitrogens with one attached hydrogen (secondary N) is 1. The number of nitrogens with zero attached hydrogens (tertiary/aromatic N) is 4. The van der Waals surface area contributed by atoms with Crippen LogP contribution in [0.2, 0.25) is 0 Å². The Morgan fingerprint density at radius 1 is 1.00 bits per heavy atom. The Morgan fingerprint density at radius 2 is 1.69 bits per heavy atom. The fourth-order valence-corrected chi connectivity index (χ4v) is 4.28. The van der Waals surface area contributed by atoms with Gasteiger partial charge in [0.05, 0.1) is 17.6 Å². The van der Waals surface area contributed by atoms with Gasteiger partial charge in [0.1, 0.15) is 5.82 Å². The molecule has 32 heavy (non-hydrogen) atoms. The predicted octanol–water partition coefficient (Wildman–Crippen LogP) is 4.36. The average Bonchev–Trinajstić information content (AvgIpc) is 3.12. The Hall–Kier alpha value is -2.70. The number of hydrogen-bond donors (Lipinski definition) is 1. The number of imidazole rings is 1. The molecule has 1 aromatic heterocycles. The minimum Gasteiger partial charge on any atom is -0.327 e. The average molecular weight is 434 g/mol. The third-order valence-corrected chi connectivity index (χ3v) is 6.15. The first-order valence-corrected chi connectivity index (χ1v) is 11.8. The first-order chi connectivity index (χ1) is 15.5. The number of benzene rings is 2. The van der Waals surface area contributed by atoms with Crippen LogP contribution in [0.25, 0.3) is 11.0 Å². The molecule has 0 unspecified atom stereocenters. The van der Waals surface area contributed by atoms with Crippen molar-refractivity contribution in [2.45, 2.75) is 46.8 Å². The highest BCUT2D eigenvalue weighted by Gasteiger charge is 2.20. The van der Waals surface area contributed by atoms with Crippen LogP contribution in [-0.4, -0.2) is 51.4 Å². The van der Waals surface area contributed by atoms with Crippen molar-refractivity contribution in [1.29, 1.82) is 0 Å². The molecule has 0 spiro atoms. The second-order valence-corrected chi connectivity index (χ2v) is 9.07. The van der Waals surface area contributed by atoms with E-state index in [1.165, 1.54) is 5.56 Å². The third-order valence-electron chi connectivity index (χ3n) is 6.15. The molecule has 3 aromatic rings. The van der Waals surface area contributed by atoms with Crippen molar-refractivity contribution < 1.29 is 4.79 Å². The van der Waals surface area contributed by atoms with Crippen molar-refractivity contribution in [1.82, 2.24) is 19.4 Å². The normalized spacial score (nSPS) is 15.5. The maximum atomic E-state index is 12.1. The summed E-state index contributed by atoms with van der Waals surface area (Å²) in [4.78, 5) is 22.1. The van der Waals surface area contributed by atoms with Crippen LogP contribution >= 0.6 is 0 Å². The molecular formula is C26H35N5O. The van der Waals surface area contributed by atoms with Crippen LogP contribution in [-0.2, 0) is 24.4 Å². The number of rotatable bonds is 8. The van der Waals surface area contributed by atoms with Gasteiger partial charge < -0.3 is 9.88 Å². The van der Waals surface area contributed by atoms with E-state index < -0.39 is 0 Å². The fourth-order valence-electron chi connectivity index (χ4n) is 4.28. The molecule has 0 radical (unpaired) electrons. The lowest BCUT2D eigenvalue weighted by atomic mass is 10.2.